The molecule has 0 fully saturated rings. The minimum Gasteiger partial charge on any atom is -0.469 e. The number of esters is 1. The van der Waals surface area contributed by atoms with Gasteiger partial charge in [-0.05, 0) is 12.8 Å². The molecule has 0 aromatic rings. The van der Waals surface area contributed by atoms with Gasteiger partial charge in [-0.2, -0.15) is 0 Å². The highest BCUT2D eigenvalue weighted by Gasteiger charge is 2.03. The molecular weight excluding hydrogens is 296 g/mol. The SMILES string of the molecule is C.C.CCCCOC.CCCOCCOC.COC(=O)C(C)C. The lowest BCUT2D eigenvalue weighted by Crippen LogP contribution is -2.07. The number of hydrogen-bond acceptors (Lipinski definition) is 5. The van der Waals surface area contributed by atoms with Crippen LogP contribution in [-0.2, 0) is 23.7 Å². The first-order chi connectivity index (χ1) is 10.0. The average molecular weight is 341 g/mol. The summed E-state index contributed by atoms with van der Waals surface area (Å²) in [5, 5.41) is 0. The molecule has 0 atom stereocenters. The second kappa shape index (κ2) is 33.1. The molecule has 5 heteroatoms. The van der Waals surface area contributed by atoms with Crippen LogP contribution in [0.2, 0.25) is 0 Å². The van der Waals surface area contributed by atoms with E-state index in [9.17, 15) is 4.79 Å². The van der Waals surface area contributed by atoms with Crippen molar-refractivity contribution >= 4 is 5.97 Å². The topological polar surface area (TPSA) is 54.0 Å². The van der Waals surface area contributed by atoms with E-state index in [1.807, 2.05) is 0 Å². The number of rotatable bonds is 9. The number of hydrogen-bond donors (Lipinski definition) is 0. The van der Waals surface area contributed by atoms with Gasteiger partial charge in [0.05, 0.1) is 26.2 Å². The summed E-state index contributed by atoms with van der Waals surface area (Å²) in [6.45, 7) is 11.0. The van der Waals surface area contributed by atoms with E-state index in [1.165, 1.54) is 20.0 Å². The van der Waals surface area contributed by atoms with Crippen LogP contribution in [0.4, 0.5) is 0 Å². The summed E-state index contributed by atoms with van der Waals surface area (Å²) >= 11 is 0. The molecule has 0 rings (SSSR count). The maximum absolute atomic E-state index is 10.3. The zero-order valence-electron chi connectivity index (χ0n) is 15.1. The van der Waals surface area contributed by atoms with Gasteiger partial charge in [-0.3, -0.25) is 4.79 Å². The van der Waals surface area contributed by atoms with Gasteiger partial charge >= 0.3 is 5.97 Å². The Morgan fingerprint density at radius 2 is 1.35 bits per heavy atom. The van der Waals surface area contributed by atoms with Crippen LogP contribution in [0, 0.1) is 5.92 Å². The van der Waals surface area contributed by atoms with Crippen LogP contribution < -0.4 is 0 Å². The molecular formula is C18H44O5. The number of unbranched alkanes of at least 4 members (excludes halogenated alkanes) is 1. The molecule has 0 unspecified atom stereocenters. The standard InChI is InChI=1S/C6H14O2.C5H10O2.C5H12O.2CH4/c1-3-4-8-6-5-7-2;1-4(2)5(6)7-3;1-3-4-5-6-2;;/h3-6H2,1-2H3;4H,1-3H3;3-5H2,1-2H3;2*1H4. The van der Waals surface area contributed by atoms with Crippen LogP contribution >= 0.6 is 0 Å². The van der Waals surface area contributed by atoms with E-state index in [0.717, 1.165) is 26.2 Å². The number of carbonyl (C=O) groups is 1. The maximum Gasteiger partial charge on any atom is 0.308 e. The van der Waals surface area contributed by atoms with Crippen molar-refractivity contribution in [3.8, 4) is 0 Å². The summed E-state index contributed by atoms with van der Waals surface area (Å²) in [4.78, 5) is 10.3. The first-order valence-electron chi connectivity index (χ1n) is 7.65. The Balaban J connectivity index is -0.0000000681. The molecule has 0 saturated heterocycles. The van der Waals surface area contributed by atoms with Gasteiger partial charge in [-0.1, -0.05) is 49.0 Å². The van der Waals surface area contributed by atoms with Crippen LogP contribution in [0.5, 0.6) is 0 Å². The van der Waals surface area contributed by atoms with Gasteiger partial charge in [0.25, 0.3) is 0 Å². The van der Waals surface area contributed by atoms with Crippen molar-refractivity contribution in [3.63, 3.8) is 0 Å². The normalized spacial score (nSPS) is 8.52. The van der Waals surface area contributed by atoms with Gasteiger partial charge in [0.1, 0.15) is 0 Å². The molecule has 0 aromatic carbocycles. The van der Waals surface area contributed by atoms with Crippen molar-refractivity contribution in [3.05, 3.63) is 0 Å². The second-order valence-corrected chi connectivity index (χ2v) is 4.63. The molecule has 5 nitrogen and oxygen atoms in total. The van der Waals surface area contributed by atoms with Gasteiger partial charge in [-0.25, -0.2) is 0 Å². The zero-order valence-corrected chi connectivity index (χ0v) is 15.1. The van der Waals surface area contributed by atoms with Gasteiger partial charge in [-0.15, -0.1) is 0 Å². The molecule has 0 aliphatic heterocycles. The third kappa shape index (κ3) is 44.9. The highest BCUT2D eigenvalue weighted by atomic mass is 16.5. The predicted octanol–water partition coefficient (Wildman–Crippen LogP) is 4.58. The predicted molar refractivity (Wildman–Crippen MR) is 100 cm³/mol. The van der Waals surface area contributed by atoms with Crippen LogP contribution in [-0.4, -0.2) is 53.7 Å². The lowest BCUT2D eigenvalue weighted by atomic mass is 10.2. The summed E-state index contributed by atoms with van der Waals surface area (Å²) in [7, 11) is 4.80. The Hall–Kier alpha value is -0.650. The van der Waals surface area contributed by atoms with Crippen molar-refractivity contribution in [2.45, 2.75) is 61.8 Å². The van der Waals surface area contributed by atoms with Gasteiger partial charge in [0, 0.05) is 27.4 Å². The summed E-state index contributed by atoms with van der Waals surface area (Å²) in [5.74, 6) is -0.148. The summed E-state index contributed by atoms with van der Waals surface area (Å²) in [6, 6.07) is 0. The van der Waals surface area contributed by atoms with Crippen LogP contribution in [0.1, 0.15) is 61.8 Å². The molecule has 0 aliphatic rings. The van der Waals surface area contributed by atoms with E-state index in [-0.39, 0.29) is 26.7 Å². The first kappa shape index (κ1) is 33.8. The molecule has 0 radical (unpaired) electrons. The molecule has 0 N–H and O–H groups in total. The summed E-state index contributed by atoms with van der Waals surface area (Å²) in [5.41, 5.74) is 0. The van der Waals surface area contributed by atoms with Crippen molar-refractivity contribution in [2.75, 3.05) is 47.8 Å². The Morgan fingerprint density at radius 3 is 1.57 bits per heavy atom. The van der Waals surface area contributed by atoms with E-state index in [0.29, 0.717) is 6.61 Å². The largest absolute Gasteiger partial charge is 0.469 e. The molecule has 0 heterocycles. The highest BCUT2D eigenvalue weighted by Crippen LogP contribution is 1.91. The smallest absolute Gasteiger partial charge is 0.308 e. The molecule has 0 bridgehead atoms. The number of ether oxygens (including phenoxy) is 4. The van der Waals surface area contributed by atoms with Crippen molar-refractivity contribution in [1.29, 1.82) is 0 Å². The Bertz CT molecular complexity index is 174. The molecule has 146 valence electrons. The monoisotopic (exact) mass is 340 g/mol. The second-order valence-electron chi connectivity index (χ2n) is 4.63. The third-order valence-electron chi connectivity index (χ3n) is 2.15. The van der Waals surface area contributed by atoms with E-state index >= 15 is 0 Å². The van der Waals surface area contributed by atoms with Gasteiger partial charge < -0.3 is 18.9 Å². The molecule has 0 saturated carbocycles. The lowest BCUT2D eigenvalue weighted by Gasteiger charge is -1.98. The van der Waals surface area contributed by atoms with E-state index in [1.54, 1.807) is 28.1 Å². The van der Waals surface area contributed by atoms with Crippen molar-refractivity contribution in [1.82, 2.24) is 0 Å². The third-order valence-corrected chi connectivity index (χ3v) is 2.15. The van der Waals surface area contributed by atoms with Crippen LogP contribution in [0.15, 0.2) is 0 Å². The number of methoxy groups -OCH3 is 3. The maximum atomic E-state index is 10.3. The molecule has 0 aromatic heterocycles. The molecule has 0 spiro atoms. The Morgan fingerprint density at radius 1 is 0.826 bits per heavy atom. The summed E-state index contributed by atoms with van der Waals surface area (Å²) < 4.78 is 19.0. The van der Waals surface area contributed by atoms with Crippen LogP contribution in [0.25, 0.3) is 0 Å². The first-order valence-corrected chi connectivity index (χ1v) is 7.65. The van der Waals surface area contributed by atoms with Crippen LogP contribution in [0.3, 0.4) is 0 Å². The Kier molecular flexibility index (Phi) is 48.7. The number of carbonyl (C=O) groups excluding carboxylic acids is 1. The highest BCUT2D eigenvalue weighted by molar-refractivity contribution is 5.71. The van der Waals surface area contributed by atoms with E-state index < -0.39 is 0 Å². The van der Waals surface area contributed by atoms with Crippen molar-refractivity contribution < 1.29 is 23.7 Å². The van der Waals surface area contributed by atoms with Crippen molar-refractivity contribution in [2.24, 2.45) is 5.92 Å². The van der Waals surface area contributed by atoms with Gasteiger partial charge in [0.15, 0.2) is 0 Å². The van der Waals surface area contributed by atoms with Gasteiger partial charge in [0.2, 0.25) is 0 Å². The molecule has 0 aliphatic carbocycles. The van der Waals surface area contributed by atoms with E-state index in [2.05, 4.69) is 18.6 Å². The Labute approximate surface area is 146 Å². The molecule has 0 amide bonds. The van der Waals surface area contributed by atoms with E-state index in [4.69, 9.17) is 14.2 Å². The minimum atomic E-state index is -0.153. The molecule has 23 heavy (non-hydrogen) atoms. The fourth-order valence-corrected chi connectivity index (χ4v) is 0.913. The lowest BCUT2D eigenvalue weighted by molar-refractivity contribution is -0.144. The fourth-order valence-electron chi connectivity index (χ4n) is 0.913. The summed E-state index contributed by atoms with van der Waals surface area (Å²) in [6.07, 6.45) is 3.51. The average Bonchev–Trinajstić information content (AvgIpc) is 2.50. The quantitative estimate of drug-likeness (QED) is 0.454. The zero-order chi connectivity index (χ0) is 16.9. The minimum absolute atomic E-state index is 0. The fraction of sp³-hybridized carbons (Fsp3) is 0.944.